The number of carboxylic acids is 1. The van der Waals surface area contributed by atoms with Gasteiger partial charge in [0.05, 0.1) is 6.61 Å². The molecular weight excluding hydrogens is 366 g/mol. The number of rotatable bonds is 8. The highest BCUT2D eigenvalue weighted by Crippen LogP contribution is 2.31. The number of carbonyl (C=O) groups is 1. The quantitative estimate of drug-likeness (QED) is 0.509. The fourth-order valence-electron chi connectivity index (χ4n) is 2.60. The van der Waals surface area contributed by atoms with Crippen LogP contribution in [-0.4, -0.2) is 17.7 Å². The Kier molecular flexibility index (Phi) is 6.22. The predicted octanol–water partition coefficient (Wildman–Crippen LogP) is 5.67. The number of hydrogen-bond acceptors (Lipinski definition) is 3. The first-order valence-corrected chi connectivity index (χ1v) is 8.69. The third kappa shape index (κ3) is 5.30. The van der Waals surface area contributed by atoms with Gasteiger partial charge in [0.25, 0.3) is 0 Å². The normalized spacial score (nSPS) is 10.5. The van der Waals surface area contributed by atoms with Crippen molar-refractivity contribution in [3.05, 3.63) is 78.4 Å². The fourth-order valence-corrected chi connectivity index (χ4v) is 2.60. The molecule has 0 bridgehead atoms. The van der Waals surface area contributed by atoms with Gasteiger partial charge in [-0.1, -0.05) is 18.2 Å². The van der Waals surface area contributed by atoms with Crippen LogP contribution in [0.15, 0.2) is 66.7 Å². The Morgan fingerprint density at radius 1 is 0.893 bits per heavy atom. The van der Waals surface area contributed by atoms with E-state index in [-0.39, 0.29) is 13.0 Å². The Morgan fingerprint density at radius 3 is 2.32 bits per heavy atom. The van der Waals surface area contributed by atoms with Crippen LogP contribution in [0.2, 0.25) is 0 Å². The first-order valence-electron chi connectivity index (χ1n) is 8.69. The summed E-state index contributed by atoms with van der Waals surface area (Å²) in [4.78, 5) is 10.5. The van der Waals surface area contributed by atoms with Gasteiger partial charge in [0.1, 0.15) is 28.9 Å². The maximum absolute atomic E-state index is 14.3. The zero-order valence-electron chi connectivity index (χ0n) is 14.9. The van der Waals surface area contributed by atoms with Gasteiger partial charge in [0, 0.05) is 18.1 Å². The van der Waals surface area contributed by atoms with Gasteiger partial charge >= 0.3 is 5.97 Å². The van der Waals surface area contributed by atoms with Crippen LogP contribution < -0.4 is 9.47 Å². The lowest BCUT2D eigenvalue weighted by Gasteiger charge is -2.10. The number of hydrogen-bond donors (Lipinski definition) is 1. The Labute approximate surface area is 161 Å². The molecule has 3 rings (SSSR count). The lowest BCUT2D eigenvalue weighted by molar-refractivity contribution is -0.137. The second kappa shape index (κ2) is 8.99. The molecule has 6 heteroatoms. The average Bonchev–Trinajstić information content (AvgIpc) is 2.67. The summed E-state index contributed by atoms with van der Waals surface area (Å²) in [6.07, 6.45) is 0.451. The zero-order chi connectivity index (χ0) is 19.9. The van der Waals surface area contributed by atoms with Crippen molar-refractivity contribution in [2.24, 2.45) is 0 Å². The molecule has 144 valence electrons. The molecule has 0 saturated heterocycles. The van der Waals surface area contributed by atoms with Crippen molar-refractivity contribution in [2.45, 2.75) is 12.8 Å². The van der Waals surface area contributed by atoms with Crippen molar-refractivity contribution in [1.82, 2.24) is 0 Å². The molecular formula is C22H18F2O4. The summed E-state index contributed by atoms with van der Waals surface area (Å²) < 4.78 is 38.6. The molecule has 0 aliphatic carbocycles. The fraction of sp³-hybridized carbons (Fsp3) is 0.136. The molecule has 0 aliphatic heterocycles. The molecule has 3 aromatic rings. The summed E-state index contributed by atoms with van der Waals surface area (Å²) in [5, 5.41) is 8.61. The van der Waals surface area contributed by atoms with Crippen LogP contribution in [0.5, 0.6) is 17.2 Å². The van der Waals surface area contributed by atoms with Gasteiger partial charge in [-0.05, 0) is 54.4 Å². The SMILES string of the molecule is O=C(O)CCCOc1ccc(-c2cc(Oc3cccc(F)c3)ccc2F)cc1. The van der Waals surface area contributed by atoms with Crippen molar-refractivity contribution in [3.8, 4) is 28.4 Å². The number of aliphatic carboxylic acids is 1. The zero-order valence-corrected chi connectivity index (χ0v) is 14.9. The lowest BCUT2D eigenvalue weighted by Crippen LogP contribution is -2.01. The van der Waals surface area contributed by atoms with E-state index in [0.29, 0.717) is 34.8 Å². The predicted molar refractivity (Wildman–Crippen MR) is 101 cm³/mol. The largest absolute Gasteiger partial charge is 0.494 e. The van der Waals surface area contributed by atoms with Crippen LogP contribution in [0, 0.1) is 11.6 Å². The van der Waals surface area contributed by atoms with Crippen LogP contribution in [0.4, 0.5) is 8.78 Å². The summed E-state index contributed by atoms with van der Waals surface area (Å²) in [5.74, 6) is -0.421. The van der Waals surface area contributed by atoms with E-state index in [1.54, 1.807) is 36.4 Å². The monoisotopic (exact) mass is 384 g/mol. The smallest absolute Gasteiger partial charge is 0.303 e. The molecule has 0 radical (unpaired) electrons. The standard InChI is InChI=1S/C22H18F2O4/c23-16-3-1-4-18(13-16)28-19-10-11-21(24)20(14-19)15-6-8-17(9-7-15)27-12-2-5-22(25)26/h1,3-4,6-11,13-14H,2,5,12H2,(H,25,26). The number of halogens is 2. The van der Waals surface area contributed by atoms with E-state index in [0.717, 1.165) is 0 Å². The number of carboxylic acid groups (broad SMARTS) is 1. The van der Waals surface area contributed by atoms with E-state index in [1.807, 2.05) is 0 Å². The third-order valence-corrected chi connectivity index (χ3v) is 3.94. The molecule has 1 N–H and O–H groups in total. The summed E-state index contributed by atoms with van der Waals surface area (Å²) in [7, 11) is 0. The molecule has 3 aromatic carbocycles. The van der Waals surface area contributed by atoms with Gasteiger partial charge in [0.2, 0.25) is 0 Å². The summed E-state index contributed by atoms with van der Waals surface area (Å²) in [5.41, 5.74) is 0.964. The molecule has 0 heterocycles. The van der Waals surface area contributed by atoms with Gasteiger partial charge in [-0.3, -0.25) is 4.79 Å². The van der Waals surface area contributed by atoms with Crippen molar-refractivity contribution in [2.75, 3.05) is 6.61 Å². The van der Waals surface area contributed by atoms with Crippen molar-refractivity contribution < 1.29 is 28.2 Å². The number of ether oxygens (including phenoxy) is 2. The Balaban J connectivity index is 1.71. The topological polar surface area (TPSA) is 55.8 Å². The highest BCUT2D eigenvalue weighted by Gasteiger charge is 2.09. The third-order valence-electron chi connectivity index (χ3n) is 3.94. The molecule has 0 spiro atoms. The van der Waals surface area contributed by atoms with Gasteiger partial charge in [0.15, 0.2) is 0 Å². The van der Waals surface area contributed by atoms with E-state index in [2.05, 4.69) is 0 Å². The Hall–Kier alpha value is -3.41. The lowest BCUT2D eigenvalue weighted by atomic mass is 10.0. The van der Waals surface area contributed by atoms with E-state index in [4.69, 9.17) is 14.6 Å². The van der Waals surface area contributed by atoms with E-state index < -0.39 is 17.6 Å². The van der Waals surface area contributed by atoms with Gasteiger partial charge in [-0.2, -0.15) is 0 Å². The molecule has 0 aromatic heterocycles. The highest BCUT2D eigenvalue weighted by molar-refractivity contribution is 5.67. The van der Waals surface area contributed by atoms with E-state index in [1.165, 1.54) is 30.3 Å². The molecule has 0 atom stereocenters. The molecule has 28 heavy (non-hydrogen) atoms. The molecule has 0 amide bonds. The van der Waals surface area contributed by atoms with Crippen LogP contribution in [0.1, 0.15) is 12.8 Å². The molecule has 0 fully saturated rings. The molecule has 0 saturated carbocycles. The van der Waals surface area contributed by atoms with Crippen molar-refractivity contribution in [3.63, 3.8) is 0 Å². The minimum Gasteiger partial charge on any atom is -0.494 e. The molecule has 0 unspecified atom stereocenters. The average molecular weight is 384 g/mol. The van der Waals surface area contributed by atoms with Gasteiger partial charge < -0.3 is 14.6 Å². The Morgan fingerprint density at radius 2 is 1.61 bits per heavy atom. The minimum atomic E-state index is -0.866. The van der Waals surface area contributed by atoms with Crippen molar-refractivity contribution >= 4 is 5.97 Å². The Bertz CT molecular complexity index is 955. The minimum absolute atomic E-state index is 0.0431. The van der Waals surface area contributed by atoms with Crippen LogP contribution >= 0.6 is 0 Å². The van der Waals surface area contributed by atoms with Gasteiger partial charge in [-0.25, -0.2) is 8.78 Å². The first kappa shape index (κ1) is 19.4. The van der Waals surface area contributed by atoms with Gasteiger partial charge in [-0.15, -0.1) is 0 Å². The molecule has 0 aliphatic rings. The number of benzene rings is 3. The summed E-state index contributed by atoms with van der Waals surface area (Å²) in [6.45, 7) is 0.289. The highest BCUT2D eigenvalue weighted by atomic mass is 19.1. The van der Waals surface area contributed by atoms with E-state index >= 15 is 0 Å². The maximum Gasteiger partial charge on any atom is 0.303 e. The van der Waals surface area contributed by atoms with Crippen LogP contribution in [-0.2, 0) is 4.79 Å². The second-order valence-electron chi connectivity index (χ2n) is 6.07. The second-order valence-corrected chi connectivity index (χ2v) is 6.07. The first-order chi connectivity index (χ1) is 13.5. The van der Waals surface area contributed by atoms with E-state index in [9.17, 15) is 13.6 Å². The van der Waals surface area contributed by atoms with Crippen LogP contribution in [0.25, 0.3) is 11.1 Å². The van der Waals surface area contributed by atoms with Crippen molar-refractivity contribution in [1.29, 1.82) is 0 Å². The van der Waals surface area contributed by atoms with Crippen LogP contribution in [0.3, 0.4) is 0 Å². The summed E-state index contributed by atoms with van der Waals surface area (Å²) in [6, 6.07) is 16.8. The summed E-state index contributed by atoms with van der Waals surface area (Å²) >= 11 is 0. The molecule has 4 nitrogen and oxygen atoms in total. The maximum atomic E-state index is 14.3.